The van der Waals surface area contributed by atoms with Gasteiger partial charge in [-0.15, -0.1) is 29.7 Å². The van der Waals surface area contributed by atoms with Crippen LogP contribution in [0.5, 0.6) is 11.5 Å². The number of ether oxygens (including phenoxy) is 1. The van der Waals surface area contributed by atoms with E-state index in [4.69, 9.17) is 9.72 Å². The summed E-state index contributed by atoms with van der Waals surface area (Å²) in [5.74, 6) is 2.90. The summed E-state index contributed by atoms with van der Waals surface area (Å²) in [6.07, 6.45) is 3.77. The van der Waals surface area contributed by atoms with E-state index in [2.05, 4.69) is 163 Å². The van der Waals surface area contributed by atoms with Gasteiger partial charge in [0.05, 0.1) is 5.52 Å². The molecular formula is C43H36BN5OPt-2. The third-order valence-electron chi connectivity index (χ3n) is 10.0. The molecule has 8 aromatic rings. The predicted octanol–water partition coefficient (Wildman–Crippen LogP) is 8.21. The fourth-order valence-electron chi connectivity index (χ4n) is 7.44. The van der Waals surface area contributed by atoms with E-state index in [0.717, 1.165) is 50.2 Å². The molecule has 0 unspecified atom stereocenters. The molecule has 254 valence electrons. The fraction of sp³-hybridized carbons (Fsp3) is 0.163. The Morgan fingerprint density at radius 1 is 0.725 bits per heavy atom. The van der Waals surface area contributed by atoms with Crippen molar-refractivity contribution in [3.63, 3.8) is 0 Å². The second-order valence-electron chi connectivity index (χ2n) is 14.3. The number of hydrogen-bond acceptors (Lipinski definition) is 3. The van der Waals surface area contributed by atoms with Crippen LogP contribution in [0.25, 0.3) is 44.3 Å². The molecular weight excluding hydrogens is 808 g/mol. The summed E-state index contributed by atoms with van der Waals surface area (Å²) >= 11 is 0. The van der Waals surface area contributed by atoms with Crippen molar-refractivity contribution in [2.75, 3.05) is 11.9 Å². The van der Waals surface area contributed by atoms with E-state index in [0.29, 0.717) is 11.5 Å². The summed E-state index contributed by atoms with van der Waals surface area (Å²) in [7, 11) is 2.15. The molecule has 0 atom stereocenters. The molecule has 0 saturated heterocycles. The molecule has 1 aliphatic rings. The van der Waals surface area contributed by atoms with E-state index in [1.54, 1.807) is 0 Å². The van der Waals surface area contributed by atoms with E-state index in [1.807, 2.05) is 24.3 Å². The molecule has 6 nitrogen and oxygen atoms in total. The van der Waals surface area contributed by atoms with Crippen LogP contribution >= 0.6 is 0 Å². The minimum absolute atomic E-state index is 0. The Hall–Kier alpha value is -5.13. The van der Waals surface area contributed by atoms with Crippen molar-refractivity contribution in [2.24, 2.45) is 0 Å². The standard InChI is InChI=1S/C43H36BN5O.Pt/c1-28-13-11-14-29(2)42(28)44-46(6)40-23-30(43(3,4)5)24-41(45-40)49-36-18-8-7-17-34(36)35-22-21-33(26-39(35)49)50-32-16-12-15-31(25-32)47-27-48(44)38-20-10-9-19-37(38)47;/h7-24H,1-6H3;/q-2;. The average molecular weight is 845 g/mol. The van der Waals surface area contributed by atoms with Crippen molar-refractivity contribution in [2.45, 2.75) is 40.0 Å². The first kappa shape index (κ1) is 33.0. The maximum absolute atomic E-state index is 6.52. The largest absolute Gasteiger partial charge is 0.520 e. The van der Waals surface area contributed by atoms with E-state index in [1.165, 1.54) is 22.2 Å². The molecule has 0 N–H and O–H groups in total. The zero-order valence-electron chi connectivity index (χ0n) is 29.4. The summed E-state index contributed by atoms with van der Waals surface area (Å²) in [6, 6.07) is 45.2. The Bertz CT molecular complexity index is 2610. The number of fused-ring (bicyclic) bond motifs is 15. The Morgan fingerprint density at radius 3 is 2.20 bits per heavy atom. The second-order valence-corrected chi connectivity index (χ2v) is 14.3. The number of aryl methyl sites for hydroxylation is 2. The quantitative estimate of drug-likeness (QED) is 0.124. The topological polar surface area (TPSA) is 39.1 Å². The van der Waals surface area contributed by atoms with Crippen molar-refractivity contribution in [3.8, 4) is 23.0 Å². The van der Waals surface area contributed by atoms with Gasteiger partial charge in [-0.1, -0.05) is 92.6 Å². The number of anilines is 1. The van der Waals surface area contributed by atoms with Crippen LogP contribution < -0.4 is 19.5 Å². The summed E-state index contributed by atoms with van der Waals surface area (Å²) in [5, 5.41) is 2.23. The molecule has 0 spiro atoms. The summed E-state index contributed by atoms with van der Waals surface area (Å²) < 4.78 is 13.1. The number of hydrogen-bond donors (Lipinski definition) is 0. The number of para-hydroxylation sites is 3. The van der Waals surface area contributed by atoms with Gasteiger partial charge in [-0.25, -0.2) is 4.98 Å². The zero-order valence-corrected chi connectivity index (χ0v) is 31.7. The minimum atomic E-state index is -0.276. The van der Waals surface area contributed by atoms with E-state index in [-0.39, 0.29) is 33.5 Å². The first-order valence-corrected chi connectivity index (χ1v) is 17.1. The molecule has 4 heterocycles. The number of rotatable bonds is 1. The predicted molar refractivity (Wildman–Crippen MR) is 202 cm³/mol. The Balaban J connectivity index is 0.00000374. The van der Waals surface area contributed by atoms with Gasteiger partial charge in [-0.2, -0.15) is 18.2 Å². The first-order chi connectivity index (χ1) is 24.2. The first-order valence-electron chi connectivity index (χ1n) is 17.1. The maximum Gasteiger partial charge on any atom is 0.520 e. The van der Waals surface area contributed by atoms with Crippen molar-refractivity contribution in [3.05, 3.63) is 144 Å². The monoisotopic (exact) mass is 844 g/mol. The average Bonchev–Trinajstić information content (AvgIpc) is 3.65. The SMILES string of the molecule is Cc1cccc(C)c1B1N(C)c2cc(C(C)(C)C)cc(n2)-n2c3[c-]c(ccc3c3ccccc32)Oc2[c-]c(ccc2)-n2[c-][n+]1c1ccccc12.[Pt]. The molecule has 9 rings (SSSR count). The molecule has 8 heteroatoms. The smallest absolute Gasteiger partial charge is 0.510 e. The van der Waals surface area contributed by atoms with Gasteiger partial charge in [0.2, 0.25) is 6.33 Å². The van der Waals surface area contributed by atoms with Gasteiger partial charge in [0.1, 0.15) is 11.6 Å². The van der Waals surface area contributed by atoms with Gasteiger partial charge < -0.3 is 23.2 Å². The van der Waals surface area contributed by atoms with Gasteiger partial charge in [0.25, 0.3) is 0 Å². The second kappa shape index (κ2) is 12.3. The normalized spacial score (nSPS) is 12.8. The van der Waals surface area contributed by atoms with Crippen molar-refractivity contribution < 1.29 is 30.3 Å². The third kappa shape index (κ3) is 5.38. The Morgan fingerprint density at radius 2 is 1.41 bits per heavy atom. The van der Waals surface area contributed by atoms with Gasteiger partial charge >= 0.3 is 6.98 Å². The third-order valence-corrected chi connectivity index (χ3v) is 10.0. The Labute approximate surface area is 313 Å². The van der Waals surface area contributed by atoms with Crippen molar-refractivity contribution >= 4 is 51.1 Å². The van der Waals surface area contributed by atoms with Gasteiger partial charge in [0, 0.05) is 43.6 Å². The van der Waals surface area contributed by atoms with E-state index in [9.17, 15) is 0 Å². The number of pyridine rings is 1. The molecule has 1 aliphatic heterocycles. The van der Waals surface area contributed by atoms with Gasteiger partial charge in [-0.05, 0) is 72.0 Å². The van der Waals surface area contributed by atoms with Crippen LogP contribution in [-0.4, -0.2) is 28.1 Å². The van der Waals surface area contributed by atoms with Gasteiger partial charge in [0.15, 0.2) is 0 Å². The Kier molecular flexibility index (Phi) is 7.95. The molecule has 0 amide bonds. The fourth-order valence-corrected chi connectivity index (χ4v) is 7.44. The van der Waals surface area contributed by atoms with Crippen LogP contribution in [-0.2, 0) is 26.5 Å². The van der Waals surface area contributed by atoms with Crippen LogP contribution in [0.4, 0.5) is 5.82 Å². The number of benzene rings is 5. The van der Waals surface area contributed by atoms with Crippen LogP contribution in [0.15, 0.2) is 109 Å². The molecule has 3 aromatic heterocycles. The van der Waals surface area contributed by atoms with Crippen LogP contribution in [0.2, 0.25) is 0 Å². The molecule has 0 fully saturated rings. The number of imidazole rings is 1. The molecule has 8 bridgehead atoms. The molecule has 51 heavy (non-hydrogen) atoms. The number of nitrogens with zero attached hydrogens (tertiary/aromatic N) is 5. The maximum atomic E-state index is 6.52. The van der Waals surface area contributed by atoms with Crippen LogP contribution in [0.1, 0.15) is 37.5 Å². The summed E-state index contributed by atoms with van der Waals surface area (Å²) in [6.45, 7) is 10.9. The van der Waals surface area contributed by atoms with Crippen LogP contribution in [0.3, 0.4) is 0 Å². The molecule has 0 saturated carbocycles. The summed E-state index contributed by atoms with van der Waals surface area (Å²) in [5.41, 5.74) is 9.52. The molecule has 0 aliphatic carbocycles. The molecule has 5 aromatic carbocycles. The minimum Gasteiger partial charge on any atom is -0.510 e. The van der Waals surface area contributed by atoms with Crippen molar-refractivity contribution in [1.82, 2.24) is 14.1 Å². The van der Waals surface area contributed by atoms with Gasteiger partial charge in [-0.3, -0.25) is 0 Å². The summed E-state index contributed by atoms with van der Waals surface area (Å²) in [4.78, 5) is 7.81. The van der Waals surface area contributed by atoms with Crippen LogP contribution in [0, 0.1) is 32.3 Å². The zero-order chi connectivity index (χ0) is 34.3. The van der Waals surface area contributed by atoms with E-state index >= 15 is 0 Å². The number of aromatic nitrogens is 4. The van der Waals surface area contributed by atoms with Crippen molar-refractivity contribution in [1.29, 1.82) is 0 Å². The van der Waals surface area contributed by atoms with E-state index < -0.39 is 0 Å². The molecule has 0 radical (unpaired) electrons.